The molecule has 1 heterocycles. The van der Waals surface area contributed by atoms with Gasteiger partial charge in [-0.25, -0.2) is 4.99 Å². The van der Waals surface area contributed by atoms with E-state index in [0.717, 1.165) is 43.8 Å². The fourth-order valence-electron chi connectivity index (χ4n) is 3.83. The topological polar surface area (TPSA) is 61.4 Å². The van der Waals surface area contributed by atoms with Gasteiger partial charge in [0.25, 0.3) is 0 Å². The van der Waals surface area contributed by atoms with Crippen LogP contribution < -0.4 is 5.32 Å². The van der Waals surface area contributed by atoms with Gasteiger partial charge >= 0.3 is 0 Å². The molecule has 4 heteroatoms. The maximum absolute atomic E-state index is 8.68. The third-order valence-electron chi connectivity index (χ3n) is 5.16. The number of fused-ring (bicyclic) bond motifs is 4. The second-order valence-electron chi connectivity index (χ2n) is 6.86. The molecule has 29 heavy (non-hydrogen) atoms. The lowest BCUT2D eigenvalue weighted by molar-refractivity contribution is 0.669. The number of furan rings is 1. The predicted octanol–water partition coefficient (Wildman–Crippen LogP) is 5.73. The van der Waals surface area contributed by atoms with Crippen molar-refractivity contribution in [1.82, 2.24) is 5.32 Å². The summed E-state index contributed by atoms with van der Waals surface area (Å²) in [6, 6.07) is 27.9. The summed E-state index contributed by atoms with van der Waals surface area (Å²) in [6.45, 7) is 0. The molecule has 0 aliphatic rings. The highest BCUT2D eigenvalue weighted by atomic mass is 16.3. The van der Waals surface area contributed by atoms with Crippen LogP contribution in [0.3, 0.4) is 0 Å². The average molecular weight is 377 g/mol. The van der Waals surface area contributed by atoms with Crippen LogP contribution in [0.4, 0.5) is 0 Å². The largest absolute Gasteiger partial charge is 0.456 e. The molecule has 1 aromatic heterocycles. The highest BCUT2D eigenvalue weighted by molar-refractivity contribution is 6.21. The molecule has 140 valence electrons. The Balaban J connectivity index is 1.69. The van der Waals surface area contributed by atoms with Crippen molar-refractivity contribution in [3.05, 3.63) is 96.1 Å². The lowest BCUT2D eigenvalue weighted by Crippen LogP contribution is -2.21. The van der Waals surface area contributed by atoms with Gasteiger partial charge < -0.3 is 9.73 Å². The lowest BCUT2D eigenvalue weighted by Gasteiger charge is -2.10. The van der Waals surface area contributed by atoms with Gasteiger partial charge in [0.2, 0.25) is 0 Å². The molecule has 0 radical (unpaired) electrons. The maximum Gasteiger partial charge on any atom is 0.154 e. The number of hydrogen-bond acceptors (Lipinski definition) is 2. The highest BCUT2D eigenvalue weighted by Gasteiger charge is 2.15. The van der Waals surface area contributed by atoms with Gasteiger partial charge in [0, 0.05) is 28.9 Å². The van der Waals surface area contributed by atoms with Gasteiger partial charge in [0.15, 0.2) is 5.84 Å². The number of aliphatic imine (C=N–C) groups is 1. The molecule has 0 aliphatic carbocycles. The minimum atomic E-state index is 0.218. The molecule has 0 spiro atoms. The Morgan fingerprint density at radius 2 is 1.41 bits per heavy atom. The molecule has 0 fully saturated rings. The molecule has 0 unspecified atom stereocenters. The third kappa shape index (κ3) is 2.86. The number of amidine groups is 2. The van der Waals surface area contributed by atoms with Gasteiger partial charge in [-0.2, -0.15) is 0 Å². The first kappa shape index (κ1) is 17.2. The second kappa shape index (κ2) is 6.91. The van der Waals surface area contributed by atoms with Crippen molar-refractivity contribution in [1.29, 1.82) is 5.41 Å². The van der Waals surface area contributed by atoms with Gasteiger partial charge in [-0.15, -0.1) is 0 Å². The van der Waals surface area contributed by atoms with Crippen molar-refractivity contribution < 1.29 is 4.42 Å². The summed E-state index contributed by atoms with van der Waals surface area (Å²) in [5, 5.41) is 16.0. The first-order chi connectivity index (χ1) is 14.3. The zero-order valence-corrected chi connectivity index (χ0v) is 15.9. The summed E-state index contributed by atoms with van der Waals surface area (Å²) >= 11 is 0. The van der Waals surface area contributed by atoms with Gasteiger partial charge in [-0.05, 0) is 22.9 Å². The van der Waals surface area contributed by atoms with E-state index >= 15 is 0 Å². The number of rotatable bonds is 2. The Kier molecular flexibility index (Phi) is 4.10. The number of para-hydroxylation sites is 1. The zero-order chi connectivity index (χ0) is 19.8. The van der Waals surface area contributed by atoms with Crippen molar-refractivity contribution in [2.75, 3.05) is 7.05 Å². The average Bonchev–Trinajstić information content (AvgIpc) is 3.16. The summed E-state index contributed by atoms with van der Waals surface area (Å²) in [5.74, 6) is 0.857. The third-order valence-corrected chi connectivity index (χ3v) is 5.16. The Labute approximate surface area is 168 Å². The Hall–Kier alpha value is -3.92. The van der Waals surface area contributed by atoms with Crippen LogP contribution in [0.5, 0.6) is 0 Å². The summed E-state index contributed by atoms with van der Waals surface area (Å²) in [6.07, 6.45) is 0. The van der Waals surface area contributed by atoms with E-state index in [0.29, 0.717) is 5.84 Å². The van der Waals surface area contributed by atoms with E-state index in [1.165, 1.54) is 0 Å². The van der Waals surface area contributed by atoms with Crippen molar-refractivity contribution >= 4 is 44.4 Å². The second-order valence-corrected chi connectivity index (χ2v) is 6.86. The molecule has 4 aromatic carbocycles. The highest BCUT2D eigenvalue weighted by Crippen LogP contribution is 2.31. The van der Waals surface area contributed by atoms with Crippen molar-refractivity contribution in [3.63, 3.8) is 0 Å². The minimum Gasteiger partial charge on any atom is -0.456 e. The summed E-state index contributed by atoms with van der Waals surface area (Å²) in [7, 11) is 1.83. The lowest BCUT2D eigenvalue weighted by atomic mass is 10.0. The minimum absolute atomic E-state index is 0.218. The first-order valence-corrected chi connectivity index (χ1v) is 9.50. The van der Waals surface area contributed by atoms with Crippen molar-refractivity contribution in [3.8, 4) is 0 Å². The smallest absolute Gasteiger partial charge is 0.154 e. The van der Waals surface area contributed by atoms with Crippen LogP contribution in [0.1, 0.15) is 11.1 Å². The molecule has 0 amide bonds. The summed E-state index contributed by atoms with van der Waals surface area (Å²) in [4.78, 5) is 4.67. The first-order valence-electron chi connectivity index (χ1n) is 9.50. The van der Waals surface area contributed by atoms with Gasteiger partial charge in [0.1, 0.15) is 17.0 Å². The number of nitrogens with one attached hydrogen (secondary N) is 2. The molecule has 0 saturated heterocycles. The quantitative estimate of drug-likeness (QED) is 0.305. The number of nitrogens with zero attached hydrogens (tertiary/aromatic N) is 1. The van der Waals surface area contributed by atoms with Crippen LogP contribution >= 0.6 is 0 Å². The van der Waals surface area contributed by atoms with Crippen LogP contribution in [-0.2, 0) is 0 Å². The van der Waals surface area contributed by atoms with Crippen LogP contribution in [0.2, 0.25) is 0 Å². The SMILES string of the molecule is CN/C(=N\C(=N)c1cccc2ccccc12)c1cccc2oc3ccccc3c12. The van der Waals surface area contributed by atoms with E-state index < -0.39 is 0 Å². The Bertz CT molecular complexity index is 1410. The summed E-state index contributed by atoms with van der Waals surface area (Å²) in [5.41, 5.74) is 3.37. The van der Waals surface area contributed by atoms with Crippen molar-refractivity contribution in [2.45, 2.75) is 0 Å². The number of hydrogen-bond donors (Lipinski definition) is 2. The molecular formula is C25H19N3O. The molecule has 0 aliphatic heterocycles. The van der Waals surface area contributed by atoms with E-state index in [4.69, 9.17) is 9.83 Å². The maximum atomic E-state index is 8.68. The Morgan fingerprint density at radius 1 is 0.759 bits per heavy atom. The standard InChI is InChI=1S/C25H19N3O/c1-27-25(28-24(26)18-12-6-9-16-8-2-3-10-17(16)18)20-13-7-15-22-23(20)19-11-4-5-14-21(19)29-22/h2-15H,1H3,(H2,26,27,28). The predicted molar refractivity (Wildman–Crippen MR) is 120 cm³/mol. The number of benzene rings is 4. The molecular weight excluding hydrogens is 358 g/mol. The molecule has 0 atom stereocenters. The van der Waals surface area contributed by atoms with Gasteiger partial charge in [-0.3, -0.25) is 5.41 Å². The summed E-state index contributed by atoms with van der Waals surface area (Å²) < 4.78 is 6.00. The van der Waals surface area contributed by atoms with Gasteiger partial charge in [0.05, 0.1) is 0 Å². The Morgan fingerprint density at radius 3 is 2.28 bits per heavy atom. The van der Waals surface area contributed by atoms with E-state index in [-0.39, 0.29) is 5.84 Å². The fourth-order valence-corrected chi connectivity index (χ4v) is 3.83. The monoisotopic (exact) mass is 377 g/mol. The molecule has 5 rings (SSSR count). The molecule has 5 aromatic rings. The molecule has 0 saturated carbocycles. The normalized spacial score (nSPS) is 12.0. The molecule has 2 N–H and O–H groups in total. The van der Waals surface area contributed by atoms with E-state index in [1.54, 1.807) is 0 Å². The van der Waals surface area contributed by atoms with E-state index in [9.17, 15) is 0 Å². The zero-order valence-electron chi connectivity index (χ0n) is 15.9. The molecule has 4 nitrogen and oxygen atoms in total. The van der Waals surface area contributed by atoms with Crippen LogP contribution in [0.15, 0.2) is 94.3 Å². The fraction of sp³-hybridized carbons (Fsp3) is 0.0400. The van der Waals surface area contributed by atoms with Crippen LogP contribution in [-0.4, -0.2) is 18.7 Å². The molecule has 0 bridgehead atoms. The van der Waals surface area contributed by atoms with Crippen molar-refractivity contribution in [2.24, 2.45) is 4.99 Å². The van der Waals surface area contributed by atoms with E-state index in [1.807, 2.05) is 92.0 Å². The van der Waals surface area contributed by atoms with Crippen LogP contribution in [0, 0.1) is 5.41 Å². The van der Waals surface area contributed by atoms with Gasteiger partial charge in [-0.1, -0.05) is 72.8 Å². The van der Waals surface area contributed by atoms with E-state index in [2.05, 4.69) is 10.3 Å². The van der Waals surface area contributed by atoms with Crippen LogP contribution in [0.25, 0.3) is 32.7 Å².